The van der Waals surface area contributed by atoms with E-state index < -0.39 is 0 Å². The molecule has 0 unspecified atom stereocenters. The van der Waals surface area contributed by atoms with Gasteiger partial charge in [0.2, 0.25) is 11.9 Å². The molecule has 0 aromatic carbocycles. The molecule has 1 heterocycles. The van der Waals surface area contributed by atoms with Crippen molar-refractivity contribution in [2.75, 3.05) is 25.5 Å². The predicted octanol–water partition coefficient (Wildman–Crippen LogP) is 0.00100. The molecule has 7 heteroatoms. The van der Waals surface area contributed by atoms with Crippen molar-refractivity contribution in [1.29, 1.82) is 0 Å². The van der Waals surface area contributed by atoms with Gasteiger partial charge in [-0.1, -0.05) is 12.2 Å². The van der Waals surface area contributed by atoms with Crippen molar-refractivity contribution in [2.45, 2.75) is 6.92 Å². The highest BCUT2D eigenvalue weighted by Crippen LogP contribution is 2.00. The molecule has 0 fully saturated rings. The minimum atomic E-state index is -0.0307. The molecule has 17 heavy (non-hydrogen) atoms. The number of aromatic nitrogens is 2. The Morgan fingerprint density at radius 1 is 1.65 bits per heavy atom. The number of nitrogens with zero attached hydrogens (tertiary/aromatic N) is 3. The van der Waals surface area contributed by atoms with E-state index in [1.165, 1.54) is 6.20 Å². The summed E-state index contributed by atoms with van der Waals surface area (Å²) in [5.74, 6) is 0.310. The Bertz CT molecular complexity index is 423. The number of hydrogen-bond donors (Lipinski definition) is 2. The Hall–Kier alpha value is -1.76. The number of nitrogens with one attached hydrogen (secondary N) is 1. The first-order valence-electron chi connectivity index (χ1n) is 5.15. The third-order valence-corrected chi connectivity index (χ3v) is 2.41. The molecule has 1 aromatic heterocycles. The van der Waals surface area contributed by atoms with E-state index in [-0.39, 0.29) is 17.4 Å². The van der Waals surface area contributed by atoms with Crippen LogP contribution in [0.1, 0.15) is 12.6 Å². The minimum absolute atomic E-state index is 0.0307. The monoisotopic (exact) mass is 253 g/mol. The molecule has 0 saturated carbocycles. The molecule has 1 amide bonds. The number of amides is 1. The van der Waals surface area contributed by atoms with Crippen LogP contribution < -0.4 is 11.1 Å². The Balaban J connectivity index is 2.60. The normalized spacial score (nSPS) is 9.76. The zero-order valence-electron chi connectivity index (χ0n) is 9.80. The van der Waals surface area contributed by atoms with Gasteiger partial charge < -0.3 is 16.0 Å². The summed E-state index contributed by atoms with van der Waals surface area (Å²) in [6.45, 7) is 2.71. The molecule has 0 aliphatic heterocycles. The fourth-order valence-corrected chi connectivity index (χ4v) is 1.16. The van der Waals surface area contributed by atoms with Crippen molar-refractivity contribution in [1.82, 2.24) is 14.9 Å². The van der Waals surface area contributed by atoms with Crippen LogP contribution in [0.15, 0.2) is 12.3 Å². The molecule has 0 atom stereocenters. The van der Waals surface area contributed by atoms with Gasteiger partial charge in [0.05, 0.1) is 6.54 Å². The van der Waals surface area contributed by atoms with Crippen LogP contribution in [-0.4, -0.2) is 45.9 Å². The molecular formula is C10H15N5OS. The second kappa shape index (κ2) is 6.09. The maximum Gasteiger partial charge on any atom is 0.241 e. The number of hydrogen-bond acceptors (Lipinski definition) is 5. The van der Waals surface area contributed by atoms with Crippen LogP contribution in [0, 0.1) is 0 Å². The third-order valence-electron chi connectivity index (χ3n) is 2.21. The maximum absolute atomic E-state index is 11.5. The smallest absolute Gasteiger partial charge is 0.241 e. The summed E-state index contributed by atoms with van der Waals surface area (Å²) < 4.78 is 0. The maximum atomic E-state index is 11.5. The third kappa shape index (κ3) is 3.95. The van der Waals surface area contributed by atoms with Crippen molar-refractivity contribution in [3.05, 3.63) is 18.0 Å². The number of nitrogens with two attached hydrogens (primary N) is 1. The fraction of sp³-hybridized carbons (Fsp3) is 0.400. The average molecular weight is 253 g/mol. The second-order valence-corrected chi connectivity index (χ2v) is 3.83. The van der Waals surface area contributed by atoms with E-state index >= 15 is 0 Å². The highest BCUT2D eigenvalue weighted by molar-refractivity contribution is 7.80. The average Bonchev–Trinajstić information content (AvgIpc) is 2.35. The number of rotatable bonds is 5. The standard InChI is InChI=1S/C10H15N5OS/c1-3-15(2)8(16)6-13-10-12-5-4-7(14-10)9(11)17/h4-5H,3,6H2,1-2H3,(H2,11,17)(H,12,13,14). The number of anilines is 1. The summed E-state index contributed by atoms with van der Waals surface area (Å²) >= 11 is 4.80. The second-order valence-electron chi connectivity index (χ2n) is 3.39. The zero-order valence-corrected chi connectivity index (χ0v) is 10.6. The predicted molar refractivity (Wildman–Crippen MR) is 69.7 cm³/mol. The summed E-state index contributed by atoms with van der Waals surface area (Å²) in [5.41, 5.74) is 5.93. The number of thiocarbonyl (C=S) groups is 1. The molecule has 1 aromatic rings. The van der Waals surface area contributed by atoms with Gasteiger partial charge in [0.25, 0.3) is 0 Å². The van der Waals surface area contributed by atoms with Crippen molar-refractivity contribution in [3.8, 4) is 0 Å². The Labute approximate surface area is 105 Å². The molecule has 1 rings (SSSR count). The molecule has 0 aliphatic carbocycles. The summed E-state index contributed by atoms with van der Waals surface area (Å²) in [6, 6.07) is 1.62. The zero-order chi connectivity index (χ0) is 12.8. The van der Waals surface area contributed by atoms with E-state index in [1.807, 2.05) is 6.92 Å². The van der Waals surface area contributed by atoms with Crippen LogP contribution in [-0.2, 0) is 4.79 Å². The van der Waals surface area contributed by atoms with Crippen LogP contribution in [0.4, 0.5) is 5.95 Å². The van der Waals surface area contributed by atoms with Gasteiger partial charge in [0, 0.05) is 19.8 Å². The molecule has 0 aliphatic rings. The molecule has 3 N–H and O–H groups in total. The van der Waals surface area contributed by atoms with E-state index in [1.54, 1.807) is 18.0 Å². The lowest BCUT2D eigenvalue weighted by Gasteiger charge is -2.14. The Morgan fingerprint density at radius 3 is 2.94 bits per heavy atom. The van der Waals surface area contributed by atoms with E-state index in [2.05, 4.69) is 15.3 Å². The number of carbonyl (C=O) groups is 1. The van der Waals surface area contributed by atoms with Crippen molar-refractivity contribution >= 4 is 29.1 Å². The van der Waals surface area contributed by atoms with Crippen LogP contribution in [0.2, 0.25) is 0 Å². The summed E-state index contributed by atoms with van der Waals surface area (Å²) in [7, 11) is 1.73. The Kier molecular flexibility index (Phi) is 4.77. The largest absolute Gasteiger partial charge is 0.388 e. The van der Waals surface area contributed by atoms with Gasteiger partial charge in [-0.25, -0.2) is 9.97 Å². The van der Waals surface area contributed by atoms with E-state index in [0.717, 1.165) is 0 Å². The highest BCUT2D eigenvalue weighted by Gasteiger charge is 2.07. The van der Waals surface area contributed by atoms with Gasteiger partial charge in [0.15, 0.2) is 0 Å². The number of likely N-dealkylation sites (N-methyl/N-ethyl adjacent to an activating group) is 1. The lowest BCUT2D eigenvalue weighted by molar-refractivity contribution is -0.127. The summed E-state index contributed by atoms with van der Waals surface area (Å²) in [6.07, 6.45) is 1.54. The molecule has 0 bridgehead atoms. The molecular weight excluding hydrogens is 238 g/mol. The van der Waals surface area contributed by atoms with Gasteiger partial charge >= 0.3 is 0 Å². The van der Waals surface area contributed by atoms with Gasteiger partial charge in [-0.15, -0.1) is 0 Å². The molecule has 92 valence electrons. The van der Waals surface area contributed by atoms with Crippen molar-refractivity contribution < 1.29 is 4.79 Å². The van der Waals surface area contributed by atoms with Crippen LogP contribution >= 0.6 is 12.2 Å². The van der Waals surface area contributed by atoms with E-state index in [9.17, 15) is 4.79 Å². The lowest BCUT2D eigenvalue weighted by atomic mass is 10.4. The lowest BCUT2D eigenvalue weighted by Crippen LogP contribution is -2.32. The first-order valence-corrected chi connectivity index (χ1v) is 5.56. The van der Waals surface area contributed by atoms with Gasteiger partial charge in [-0.2, -0.15) is 0 Å². The topological polar surface area (TPSA) is 84.1 Å². The quantitative estimate of drug-likeness (QED) is 0.719. The van der Waals surface area contributed by atoms with Crippen molar-refractivity contribution in [3.63, 3.8) is 0 Å². The van der Waals surface area contributed by atoms with E-state index in [0.29, 0.717) is 18.2 Å². The SMILES string of the molecule is CCN(C)C(=O)CNc1nccc(C(N)=S)n1. The van der Waals surface area contributed by atoms with Crippen molar-refractivity contribution in [2.24, 2.45) is 5.73 Å². The van der Waals surface area contributed by atoms with Crippen LogP contribution in [0.3, 0.4) is 0 Å². The van der Waals surface area contributed by atoms with Gasteiger partial charge in [-0.05, 0) is 13.0 Å². The molecule has 6 nitrogen and oxygen atoms in total. The summed E-state index contributed by atoms with van der Waals surface area (Å²) in [5, 5.41) is 2.83. The Morgan fingerprint density at radius 2 is 2.35 bits per heavy atom. The summed E-state index contributed by atoms with van der Waals surface area (Å²) in [4.78, 5) is 21.4. The van der Waals surface area contributed by atoms with Crippen LogP contribution in [0.25, 0.3) is 0 Å². The molecule has 0 radical (unpaired) electrons. The van der Waals surface area contributed by atoms with Crippen LogP contribution in [0.5, 0.6) is 0 Å². The first-order chi connectivity index (χ1) is 8.04. The van der Waals surface area contributed by atoms with E-state index in [4.69, 9.17) is 18.0 Å². The van der Waals surface area contributed by atoms with Gasteiger partial charge in [-0.3, -0.25) is 4.79 Å². The number of carbonyl (C=O) groups excluding carboxylic acids is 1. The molecule has 0 saturated heterocycles. The first kappa shape index (κ1) is 13.3. The minimum Gasteiger partial charge on any atom is -0.388 e. The molecule has 0 spiro atoms. The van der Waals surface area contributed by atoms with Gasteiger partial charge in [0.1, 0.15) is 10.7 Å². The highest BCUT2D eigenvalue weighted by atomic mass is 32.1. The fourth-order valence-electron chi connectivity index (χ4n) is 1.05.